The van der Waals surface area contributed by atoms with Gasteiger partial charge in [-0.15, -0.1) is 0 Å². The van der Waals surface area contributed by atoms with Crippen molar-refractivity contribution in [1.82, 2.24) is 5.43 Å². The monoisotopic (exact) mass is 313 g/mol. The van der Waals surface area contributed by atoms with Crippen molar-refractivity contribution >= 4 is 23.7 Å². The summed E-state index contributed by atoms with van der Waals surface area (Å²) in [6.45, 7) is 1.96. The topological polar surface area (TPSA) is 70.6 Å². The Balaban J connectivity index is 1.92. The van der Waals surface area contributed by atoms with Gasteiger partial charge in [0.2, 0.25) is 0 Å². The Kier molecular flexibility index (Phi) is 5.57. The summed E-state index contributed by atoms with van der Waals surface area (Å²) in [4.78, 5) is 23.5. The first kappa shape index (κ1) is 16.4. The first-order valence-corrected chi connectivity index (χ1v) is 7.08. The fraction of sp³-hybridized carbons (Fsp3) is 0.118. The fourth-order valence-corrected chi connectivity index (χ4v) is 1.89. The largest absolute Gasteiger partial charge is 0.329 e. The molecular formula is C17H16FN3O2. The molecule has 0 aromatic heterocycles. The number of para-hydroxylation sites is 1. The molecule has 0 saturated carbocycles. The van der Waals surface area contributed by atoms with E-state index in [0.29, 0.717) is 11.3 Å². The Labute approximate surface area is 133 Å². The number of anilines is 1. The van der Waals surface area contributed by atoms with Gasteiger partial charge in [0.15, 0.2) is 0 Å². The number of rotatable bonds is 4. The third kappa shape index (κ3) is 4.74. The predicted molar refractivity (Wildman–Crippen MR) is 86.6 cm³/mol. The van der Waals surface area contributed by atoms with E-state index in [1.807, 2.05) is 19.1 Å². The van der Waals surface area contributed by atoms with Crippen molar-refractivity contribution < 1.29 is 14.0 Å². The minimum atomic E-state index is -0.880. The quantitative estimate of drug-likeness (QED) is 0.517. The molecular weight excluding hydrogens is 297 g/mol. The molecule has 0 unspecified atom stereocenters. The van der Waals surface area contributed by atoms with Crippen LogP contribution < -0.4 is 10.7 Å². The Morgan fingerprint density at radius 2 is 1.78 bits per heavy atom. The second-order valence-corrected chi connectivity index (χ2v) is 4.72. The smallest absolute Gasteiger partial charge is 0.317 e. The van der Waals surface area contributed by atoms with Crippen LogP contribution in [0.25, 0.3) is 0 Å². The van der Waals surface area contributed by atoms with Crippen LogP contribution in [-0.2, 0) is 16.0 Å². The van der Waals surface area contributed by atoms with E-state index in [2.05, 4.69) is 15.8 Å². The Bertz CT molecular complexity index is 727. The highest BCUT2D eigenvalue weighted by Crippen LogP contribution is 2.15. The van der Waals surface area contributed by atoms with Crippen molar-refractivity contribution in [2.45, 2.75) is 13.3 Å². The summed E-state index contributed by atoms with van der Waals surface area (Å²) in [5.74, 6) is -2.04. The van der Waals surface area contributed by atoms with Crippen molar-refractivity contribution in [3.05, 3.63) is 65.5 Å². The van der Waals surface area contributed by atoms with E-state index in [0.717, 1.165) is 12.0 Å². The molecule has 2 amide bonds. The van der Waals surface area contributed by atoms with Crippen LogP contribution in [0.5, 0.6) is 0 Å². The van der Waals surface area contributed by atoms with Gasteiger partial charge in [-0.1, -0.05) is 37.3 Å². The van der Waals surface area contributed by atoms with E-state index >= 15 is 0 Å². The minimum Gasteiger partial charge on any atom is -0.317 e. The van der Waals surface area contributed by atoms with E-state index < -0.39 is 11.8 Å². The molecule has 0 spiro atoms. The van der Waals surface area contributed by atoms with Crippen molar-refractivity contribution in [1.29, 1.82) is 0 Å². The zero-order valence-electron chi connectivity index (χ0n) is 12.5. The van der Waals surface area contributed by atoms with Gasteiger partial charge in [0, 0.05) is 5.69 Å². The van der Waals surface area contributed by atoms with Crippen LogP contribution in [0.15, 0.2) is 53.6 Å². The number of hydrogen-bond donors (Lipinski definition) is 2. The zero-order valence-corrected chi connectivity index (χ0v) is 12.5. The fourth-order valence-electron chi connectivity index (χ4n) is 1.89. The highest BCUT2D eigenvalue weighted by Gasteiger charge is 2.14. The van der Waals surface area contributed by atoms with Crippen LogP contribution >= 0.6 is 0 Å². The van der Waals surface area contributed by atoms with E-state index in [4.69, 9.17) is 0 Å². The number of aryl methyl sites for hydroxylation is 1. The van der Waals surface area contributed by atoms with E-state index in [1.165, 1.54) is 30.5 Å². The molecule has 0 radical (unpaired) electrons. The van der Waals surface area contributed by atoms with Crippen LogP contribution in [-0.4, -0.2) is 18.0 Å². The zero-order chi connectivity index (χ0) is 16.7. The number of carbonyl (C=O) groups is 2. The van der Waals surface area contributed by atoms with Gasteiger partial charge in [-0.25, -0.2) is 9.82 Å². The van der Waals surface area contributed by atoms with E-state index in [-0.39, 0.29) is 5.82 Å². The number of carbonyl (C=O) groups excluding carboxylic acids is 2. The standard InChI is InChI=1S/C17H16FN3O2/c1-2-13-5-3-4-6-15(13)20-16(22)17(23)21-19-11-12-7-9-14(18)10-8-12/h3-11H,2H2,1H3,(H,20,22)(H,21,23). The molecule has 0 atom stereocenters. The van der Waals surface area contributed by atoms with Crippen molar-refractivity contribution in [2.75, 3.05) is 5.32 Å². The Morgan fingerprint density at radius 1 is 1.09 bits per heavy atom. The maximum Gasteiger partial charge on any atom is 0.329 e. The molecule has 0 aliphatic rings. The lowest BCUT2D eigenvalue weighted by molar-refractivity contribution is -0.136. The van der Waals surface area contributed by atoms with Gasteiger partial charge in [0.1, 0.15) is 5.82 Å². The van der Waals surface area contributed by atoms with Crippen LogP contribution in [0.1, 0.15) is 18.1 Å². The van der Waals surface area contributed by atoms with E-state index in [9.17, 15) is 14.0 Å². The molecule has 6 heteroatoms. The number of hydrazone groups is 1. The molecule has 0 heterocycles. The minimum absolute atomic E-state index is 0.361. The lowest BCUT2D eigenvalue weighted by Gasteiger charge is -2.08. The van der Waals surface area contributed by atoms with Crippen LogP contribution in [0.2, 0.25) is 0 Å². The summed E-state index contributed by atoms with van der Waals surface area (Å²) in [6, 6.07) is 12.8. The highest BCUT2D eigenvalue weighted by atomic mass is 19.1. The molecule has 0 aliphatic heterocycles. The molecule has 5 nitrogen and oxygen atoms in total. The Morgan fingerprint density at radius 3 is 2.48 bits per heavy atom. The number of hydrogen-bond acceptors (Lipinski definition) is 3. The average Bonchev–Trinajstić information content (AvgIpc) is 2.57. The number of amides is 2. The summed E-state index contributed by atoms with van der Waals surface area (Å²) in [7, 11) is 0. The molecule has 2 aromatic rings. The summed E-state index contributed by atoms with van der Waals surface area (Å²) >= 11 is 0. The molecule has 0 saturated heterocycles. The van der Waals surface area contributed by atoms with Crippen molar-refractivity contribution in [2.24, 2.45) is 5.10 Å². The summed E-state index contributed by atoms with van der Waals surface area (Å²) in [5, 5.41) is 6.21. The SMILES string of the molecule is CCc1ccccc1NC(=O)C(=O)NN=Cc1ccc(F)cc1. The normalized spacial score (nSPS) is 10.5. The molecule has 0 bridgehead atoms. The average molecular weight is 313 g/mol. The van der Waals surface area contributed by atoms with Crippen molar-refractivity contribution in [3.8, 4) is 0 Å². The van der Waals surface area contributed by atoms with Gasteiger partial charge in [0.05, 0.1) is 6.21 Å². The van der Waals surface area contributed by atoms with E-state index in [1.54, 1.807) is 12.1 Å². The molecule has 2 rings (SSSR count). The maximum absolute atomic E-state index is 12.7. The first-order valence-electron chi connectivity index (χ1n) is 7.08. The number of nitrogens with one attached hydrogen (secondary N) is 2. The molecule has 2 N–H and O–H groups in total. The van der Waals surface area contributed by atoms with Gasteiger partial charge in [-0.2, -0.15) is 5.10 Å². The van der Waals surface area contributed by atoms with Crippen LogP contribution in [0.4, 0.5) is 10.1 Å². The lowest BCUT2D eigenvalue weighted by Crippen LogP contribution is -2.32. The number of nitrogens with zero attached hydrogens (tertiary/aromatic N) is 1. The molecule has 0 fully saturated rings. The van der Waals surface area contributed by atoms with Gasteiger partial charge >= 0.3 is 11.8 Å². The predicted octanol–water partition coefficient (Wildman–Crippen LogP) is 2.48. The summed E-state index contributed by atoms with van der Waals surface area (Å²) in [6.07, 6.45) is 2.06. The third-order valence-corrected chi connectivity index (χ3v) is 3.10. The molecule has 118 valence electrons. The number of halogens is 1. The summed E-state index contributed by atoms with van der Waals surface area (Å²) < 4.78 is 12.7. The van der Waals surface area contributed by atoms with Gasteiger partial charge < -0.3 is 5.32 Å². The first-order chi connectivity index (χ1) is 11.1. The molecule has 23 heavy (non-hydrogen) atoms. The van der Waals surface area contributed by atoms with Gasteiger partial charge in [-0.05, 0) is 35.7 Å². The molecule has 0 aliphatic carbocycles. The summed E-state index contributed by atoms with van der Waals surface area (Å²) in [5.41, 5.74) is 4.26. The maximum atomic E-state index is 12.7. The van der Waals surface area contributed by atoms with Gasteiger partial charge in [0.25, 0.3) is 0 Å². The van der Waals surface area contributed by atoms with Crippen LogP contribution in [0.3, 0.4) is 0 Å². The van der Waals surface area contributed by atoms with Crippen LogP contribution in [0, 0.1) is 5.82 Å². The second-order valence-electron chi connectivity index (χ2n) is 4.72. The van der Waals surface area contributed by atoms with Gasteiger partial charge in [-0.3, -0.25) is 9.59 Å². The van der Waals surface area contributed by atoms with Crippen molar-refractivity contribution in [3.63, 3.8) is 0 Å². The highest BCUT2D eigenvalue weighted by molar-refractivity contribution is 6.39. The lowest BCUT2D eigenvalue weighted by atomic mass is 10.1. The molecule has 2 aromatic carbocycles. The third-order valence-electron chi connectivity index (χ3n) is 3.10. The number of benzene rings is 2. The second kappa shape index (κ2) is 7.84. The Hall–Kier alpha value is -3.02.